The van der Waals surface area contributed by atoms with E-state index in [1.165, 1.54) is 25.9 Å². The number of allylic oxidation sites excluding steroid dienone is 1. The molecule has 0 amide bonds. The Balaban J connectivity index is 1.43. The van der Waals surface area contributed by atoms with Gasteiger partial charge in [-0.3, -0.25) is 0 Å². The van der Waals surface area contributed by atoms with Crippen molar-refractivity contribution in [3.05, 3.63) is 83.4 Å². The van der Waals surface area contributed by atoms with Crippen LogP contribution in [0.1, 0.15) is 42.6 Å². The molecule has 5 rings (SSSR count). The fourth-order valence-corrected chi connectivity index (χ4v) is 4.86. The molecule has 2 heterocycles. The van der Waals surface area contributed by atoms with E-state index in [-0.39, 0.29) is 17.6 Å². The Bertz CT molecular complexity index is 1160. The maximum atomic E-state index is 10.1. The molecule has 1 fully saturated rings. The lowest BCUT2D eigenvalue weighted by Gasteiger charge is -2.31. The summed E-state index contributed by atoms with van der Waals surface area (Å²) in [6, 6.07) is 20.9. The van der Waals surface area contributed by atoms with Crippen molar-refractivity contribution >= 4 is 16.8 Å². The van der Waals surface area contributed by atoms with Crippen molar-refractivity contribution in [2.24, 2.45) is 0 Å². The SMILES string of the molecule is CC1=C(c2cccc(O)c2)C(c2ccc(NCCN3CCCC3)cc2)Oc2ccc(O)cc21. The number of phenolic OH excluding ortho intramolecular Hbond substituents is 2. The fraction of sp³-hybridized carbons (Fsp3) is 0.286. The summed E-state index contributed by atoms with van der Waals surface area (Å²) in [6.45, 7) is 6.47. The third-order valence-corrected chi connectivity index (χ3v) is 6.60. The van der Waals surface area contributed by atoms with Gasteiger partial charge >= 0.3 is 0 Å². The van der Waals surface area contributed by atoms with Gasteiger partial charge < -0.3 is 25.2 Å². The van der Waals surface area contributed by atoms with Crippen LogP contribution in [0.3, 0.4) is 0 Å². The van der Waals surface area contributed by atoms with E-state index < -0.39 is 0 Å². The van der Waals surface area contributed by atoms with Gasteiger partial charge in [0.2, 0.25) is 0 Å². The molecule has 0 aliphatic carbocycles. The molecule has 33 heavy (non-hydrogen) atoms. The Hall–Kier alpha value is -3.44. The first-order chi connectivity index (χ1) is 16.1. The molecule has 1 atom stereocenters. The van der Waals surface area contributed by atoms with E-state index in [0.717, 1.165) is 52.4 Å². The Morgan fingerprint density at radius 2 is 1.70 bits per heavy atom. The number of phenols is 2. The molecule has 3 N–H and O–H groups in total. The minimum absolute atomic E-state index is 0.203. The summed E-state index contributed by atoms with van der Waals surface area (Å²) in [6.07, 6.45) is 2.31. The molecule has 5 heteroatoms. The van der Waals surface area contributed by atoms with Crippen molar-refractivity contribution in [2.75, 3.05) is 31.5 Å². The summed E-state index contributed by atoms with van der Waals surface area (Å²) in [5.41, 5.74) is 5.91. The maximum Gasteiger partial charge on any atom is 0.150 e. The van der Waals surface area contributed by atoms with Gasteiger partial charge in [-0.1, -0.05) is 24.3 Å². The lowest BCUT2D eigenvalue weighted by Crippen LogP contribution is -2.25. The van der Waals surface area contributed by atoms with E-state index in [1.807, 2.05) is 25.1 Å². The lowest BCUT2D eigenvalue weighted by atomic mass is 9.86. The molecule has 0 spiro atoms. The summed E-state index contributed by atoms with van der Waals surface area (Å²) >= 11 is 0. The summed E-state index contributed by atoms with van der Waals surface area (Å²) in [5.74, 6) is 1.16. The average Bonchev–Trinajstić information content (AvgIpc) is 3.33. The lowest BCUT2D eigenvalue weighted by molar-refractivity contribution is 0.259. The Labute approximate surface area is 195 Å². The van der Waals surface area contributed by atoms with Gasteiger partial charge in [0, 0.05) is 29.9 Å². The predicted molar refractivity (Wildman–Crippen MR) is 133 cm³/mol. The van der Waals surface area contributed by atoms with Gasteiger partial charge in [-0.05, 0) is 92.0 Å². The molecule has 3 aromatic rings. The highest BCUT2D eigenvalue weighted by Crippen LogP contribution is 2.47. The van der Waals surface area contributed by atoms with E-state index in [1.54, 1.807) is 24.3 Å². The van der Waals surface area contributed by atoms with Crippen LogP contribution in [0.2, 0.25) is 0 Å². The molecular weight excluding hydrogens is 412 g/mol. The Kier molecular flexibility index (Phi) is 5.97. The highest BCUT2D eigenvalue weighted by Gasteiger charge is 2.29. The molecule has 2 aliphatic heterocycles. The molecule has 1 unspecified atom stereocenters. The van der Waals surface area contributed by atoms with Crippen LogP contribution in [0.4, 0.5) is 5.69 Å². The Morgan fingerprint density at radius 1 is 0.939 bits per heavy atom. The van der Waals surface area contributed by atoms with Crippen molar-refractivity contribution in [2.45, 2.75) is 25.9 Å². The average molecular weight is 443 g/mol. The number of rotatable bonds is 6. The predicted octanol–water partition coefficient (Wildman–Crippen LogP) is 5.67. The minimum atomic E-state index is -0.317. The molecule has 0 aromatic heterocycles. The van der Waals surface area contributed by atoms with E-state index in [2.05, 4.69) is 34.5 Å². The second-order valence-corrected chi connectivity index (χ2v) is 8.86. The van der Waals surface area contributed by atoms with Gasteiger partial charge in [0.05, 0.1) is 0 Å². The molecule has 1 saturated heterocycles. The van der Waals surface area contributed by atoms with Gasteiger partial charge in [-0.25, -0.2) is 0 Å². The Morgan fingerprint density at radius 3 is 2.45 bits per heavy atom. The van der Waals surface area contributed by atoms with Crippen LogP contribution in [0.15, 0.2) is 66.7 Å². The number of nitrogens with one attached hydrogen (secondary N) is 1. The number of aromatic hydroxyl groups is 2. The van der Waals surface area contributed by atoms with Crippen LogP contribution < -0.4 is 10.1 Å². The van der Waals surface area contributed by atoms with Gasteiger partial charge in [0.15, 0.2) is 0 Å². The molecule has 3 aromatic carbocycles. The van der Waals surface area contributed by atoms with Crippen LogP contribution in [0.5, 0.6) is 17.2 Å². The second kappa shape index (κ2) is 9.20. The third-order valence-electron chi connectivity index (χ3n) is 6.60. The summed E-state index contributed by atoms with van der Waals surface area (Å²) in [7, 11) is 0. The normalized spacial score (nSPS) is 18.2. The van der Waals surface area contributed by atoms with Gasteiger partial charge in [-0.2, -0.15) is 0 Å². The number of hydrogen-bond acceptors (Lipinski definition) is 5. The van der Waals surface area contributed by atoms with E-state index in [0.29, 0.717) is 0 Å². The summed E-state index contributed by atoms with van der Waals surface area (Å²) in [4.78, 5) is 2.50. The van der Waals surface area contributed by atoms with E-state index >= 15 is 0 Å². The van der Waals surface area contributed by atoms with Crippen LogP contribution >= 0.6 is 0 Å². The molecule has 0 radical (unpaired) electrons. The van der Waals surface area contributed by atoms with Crippen molar-refractivity contribution in [1.82, 2.24) is 4.90 Å². The van der Waals surface area contributed by atoms with Crippen molar-refractivity contribution in [3.8, 4) is 17.2 Å². The minimum Gasteiger partial charge on any atom is -0.508 e. The van der Waals surface area contributed by atoms with Crippen molar-refractivity contribution in [3.63, 3.8) is 0 Å². The number of benzene rings is 3. The van der Waals surface area contributed by atoms with E-state index in [9.17, 15) is 10.2 Å². The first-order valence-electron chi connectivity index (χ1n) is 11.6. The second-order valence-electron chi connectivity index (χ2n) is 8.86. The van der Waals surface area contributed by atoms with Gasteiger partial charge in [-0.15, -0.1) is 0 Å². The standard InChI is InChI=1S/C28H30N2O3/c1-19-25-18-24(32)11-12-26(25)33-28(27(19)21-5-4-6-23(31)17-21)20-7-9-22(10-8-20)29-13-16-30-14-2-3-15-30/h4-12,17-18,28-29,31-32H,2-3,13-16H2,1H3. The highest BCUT2D eigenvalue weighted by molar-refractivity contribution is 5.95. The first-order valence-corrected chi connectivity index (χ1v) is 11.6. The molecule has 170 valence electrons. The van der Waals surface area contributed by atoms with Gasteiger partial charge in [0.1, 0.15) is 23.4 Å². The van der Waals surface area contributed by atoms with Crippen molar-refractivity contribution < 1.29 is 14.9 Å². The van der Waals surface area contributed by atoms with Crippen LogP contribution in [0.25, 0.3) is 11.1 Å². The zero-order chi connectivity index (χ0) is 22.8. The third kappa shape index (κ3) is 4.55. The quantitative estimate of drug-likeness (QED) is 0.459. The number of hydrogen-bond donors (Lipinski definition) is 3. The molecule has 0 bridgehead atoms. The number of likely N-dealkylation sites (tertiary alicyclic amines) is 1. The molecule has 2 aliphatic rings. The zero-order valence-corrected chi connectivity index (χ0v) is 18.9. The maximum absolute atomic E-state index is 10.1. The topological polar surface area (TPSA) is 65.0 Å². The number of ether oxygens (including phenoxy) is 1. The van der Waals surface area contributed by atoms with Crippen molar-refractivity contribution in [1.29, 1.82) is 0 Å². The summed E-state index contributed by atoms with van der Waals surface area (Å²) in [5, 5.41) is 23.7. The number of nitrogens with zero attached hydrogens (tertiary/aromatic N) is 1. The smallest absolute Gasteiger partial charge is 0.150 e. The monoisotopic (exact) mass is 442 g/mol. The molecular formula is C28H30N2O3. The number of anilines is 1. The van der Waals surface area contributed by atoms with Gasteiger partial charge in [0.25, 0.3) is 0 Å². The largest absolute Gasteiger partial charge is 0.508 e. The van der Waals surface area contributed by atoms with E-state index in [4.69, 9.17) is 4.74 Å². The fourth-order valence-electron chi connectivity index (χ4n) is 4.86. The zero-order valence-electron chi connectivity index (χ0n) is 18.9. The van der Waals surface area contributed by atoms with Crippen LogP contribution in [0, 0.1) is 0 Å². The highest BCUT2D eigenvalue weighted by atomic mass is 16.5. The van der Waals surface area contributed by atoms with Crippen LogP contribution in [-0.2, 0) is 0 Å². The van der Waals surface area contributed by atoms with Crippen LogP contribution in [-0.4, -0.2) is 41.3 Å². The number of fused-ring (bicyclic) bond motifs is 1. The molecule has 0 saturated carbocycles. The molecule has 5 nitrogen and oxygen atoms in total. The summed E-state index contributed by atoms with van der Waals surface area (Å²) < 4.78 is 6.46. The first kappa shape index (κ1) is 21.4.